The molecular formula is C15H23N3O. The highest BCUT2D eigenvalue weighted by molar-refractivity contribution is 5.93. The third-order valence-corrected chi connectivity index (χ3v) is 3.79. The van der Waals surface area contributed by atoms with Gasteiger partial charge in [-0.15, -0.1) is 0 Å². The number of carbonyl (C=O) groups excluding carboxylic acids is 1. The fraction of sp³-hybridized carbons (Fsp3) is 0.533. The number of hydrogen-bond acceptors (Lipinski definition) is 3. The first-order chi connectivity index (χ1) is 8.99. The largest absolute Gasteiger partial charge is 0.397 e. The van der Waals surface area contributed by atoms with Crippen molar-refractivity contribution in [3.05, 3.63) is 17.7 Å². The molecular weight excluding hydrogens is 238 g/mol. The smallest absolute Gasteiger partial charge is 0.221 e. The number of nitrogen functional groups attached to an aromatic ring is 1. The van der Waals surface area contributed by atoms with Crippen molar-refractivity contribution in [2.45, 2.75) is 46.1 Å². The second-order valence-electron chi connectivity index (χ2n) is 5.45. The van der Waals surface area contributed by atoms with E-state index in [0.717, 1.165) is 6.54 Å². The van der Waals surface area contributed by atoms with Crippen molar-refractivity contribution in [1.29, 1.82) is 0 Å². The average Bonchev–Trinajstić information content (AvgIpc) is 2.33. The standard InChI is InChI=1S/C15H23N3O/c1-10-8-13(16)14(17-12(3)19)9-15(10)18-7-5-4-6-11(18)2/h8-9,11H,4-7,16H2,1-3H3,(H,17,19)/t11-/m0/s1. The lowest BCUT2D eigenvalue weighted by atomic mass is 10.0. The molecule has 1 heterocycles. The summed E-state index contributed by atoms with van der Waals surface area (Å²) in [5, 5.41) is 2.80. The molecule has 4 nitrogen and oxygen atoms in total. The van der Waals surface area contributed by atoms with Crippen molar-refractivity contribution in [1.82, 2.24) is 0 Å². The SMILES string of the molecule is CC(=O)Nc1cc(N2CCCC[C@@H]2C)c(C)cc1N. The molecule has 1 aliphatic rings. The molecule has 1 aromatic rings. The van der Waals surface area contributed by atoms with Gasteiger partial charge in [-0.3, -0.25) is 4.79 Å². The predicted molar refractivity (Wildman–Crippen MR) is 80.6 cm³/mol. The van der Waals surface area contributed by atoms with Gasteiger partial charge in [0, 0.05) is 25.2 Å². The van der Waals surface area contributed by atoms with E-state index in [1.54, 1.807) is 0 Å². The van der Waals surface area contributed by atoms with E-state index in [9.17, 15) is 4.79 Å². The molecule has 0 spiro atoms. The van der Waals surface area contributed by atoms with Gasteiger partial charge in [0.1, 0.15) is 0 Å². The van der Waals surface area contributed by atoms with Crippen molar-refractivity contribution in [2.24, 2.45) is 0 Å². The van der Waals surface area contributed by atoms with E-state index in [0.29, 0.717) is 17.4 Å². The molecule has 0 saturated carbocycles. The minimum absolute atomic E-state index is 0.0896. The second kappa shape index (κ2) is 5.51. The molecule has 104 valence electrons. The summed E-state index contributed by atoms with van der Waals surface area (Å²) in [5.41, 5.74) is 9.66. The molecule has 3 N–H and O–H groups in total. The van der Waals surface area contributed by atoms with Crippen LogP contribution < -0.4 is 16.0 Å². The number of hydrogen-bond donors (Lipinski definition) is 2. The van der Waals surface area contributed by atoms with Gasteiger partial charge in [0.2, 0.25) is 5.91 Å². The lowest BCUT2D eigenvalue weighted by Gasteiger charge is -2.36. The Morgan fingerprint density at radius 1 is 1.42 bits per heavy atom. The number of piperidine rings is 1. The molecule has 0 radical (unpaired) electrons. The van der Waals surface area contributed by atoms with Gasteiger partial charge in [0.05, 0.1) is 11.4 Å². The number of amides is 1. The van der Waals surface area contributed by atoms with Crippen molar-refractivity contribution in [3.8, 4) is 0 Å². The van der Waals surface area contributed by atoms with Gasteiger partial charge >= 0.3 is 0 Å². The summed E-state index contributed by atoms with van der Waals surface area (Å²) in [7, 11) is 0. The van der Waals surface area contributed by atoms with Crippen LogP contribution >= 0.6 is 0 Å². The van der Waals surface area contributed by atoms with E-state index in [1.165, 1.54) is 37.4 Å². The van der Waals surface area contributed by atoms with E-state index in [-0.39, 0.29) is 5.91 Å². The molecule has 1 aromatic carbocycles. The van der Waals surface area contributed by atoms with E-state index in [1.807, 2.05) is 12.1 Å². The van der Waals surface area contributed by atoms with Crippen molar-refractivity contribution in [2.75, 3.05) is 22.5 Å². The Bertz CT molecular complexity index is 485. The average molecular weight is 261 g/mol. The topological polar surface area (TPSA) is 58.4 Å². The number of rotatable bonds is 2. The minimum Gasteiger partial charge on any atom is -0.397 e. The maximum atomic E-state index is 11.2. The molecule has 0 bridgehead atoms. The van der Waals surface area contributed by atoms with Crippen molar-refractivity contribution in [3.63, 3.8) is 0 Å². The number of anilines is 3. The van der Waals surface area contributed by atoms with Crippen LogP contribution in [0.4, 0.5) is 17.1 Å². The fourth-order valence-electron chi connectivity index (χ4n) is 2.78. The van der Waals surface area contributed by atoms with Crippen LogP contribution in [0.2, 0.25) is 0 Å². The molecule has 0 aromatic heterocycles. The summed E-state index contributed by atoms with van der Waals surface area (Å²) in [5.74, 6) is -0.0896. The van der Waals surface area contributed by atoms with Gasteiger partial charge in [-0.1, -0.05) is 0 Å². The highest BCUT2D eigenvalue weighted by atomic mass is 16.1. The van der Waals surface area contributed by atoms with Crippen LogP contribution in [0.1, 0.15) is 38.7 Å². The molecule has 1 saturated heterocycles. The van der Waals surface area contributed by atoms with Crippen LogP contribution in [0.15, 0.2) is 12.1 Å². The van der Waals surface area contributed by atoms with Gasteiger partial charge in [-0.25, -0.2) is 0 Å². The van der Waals surface area contributed by atoms with Gasteiger partial charge in [-0.05, 0) is 50.8 Å². The summed E-state index contributed by atoms with van der Waals surface area (Å²) in [6.45, 7) is 6.91. The van der Waals surface area contributed by atoms with E-state index < -0.39 is 0 Å². The molecule has 1 amide bonds. The summed E-state index contributed by atoms with van der Waals surface area (Å²) >= 11 is 0. The van der Waals surface area contributed by atoms with E-state index >= 15 is 0 Å². The lowest BCUT2D eigenvalue weighted by Crippen LogP contribution is -2.37. The zero-order valence-electron chi connectivity index (χ0n) is 12.0. The maximum Gasteiger partial charge on any atom is 0.221 e. The van der Waals surface area contributed by atoms with Crippen LogP contribution in [-0.4, -0.2) is 18.5 Å². The molecule has 1 fully saturated rings. The molecule has 1 atom stereocenters. The van der Waals surface area contributed by atoms with E-state index in [2.05, 4.69) is 24.1 Å². The third-order valence-electron chi connectivity index (χ3n) is 3.79. The maximum absolute atomic E-state index is 11.2. The molecule has 1 aliphatic heterocycles. The monoisotopic (exact) mass is 261 g/mol. The van der Waals surface area contributed by atoms with Crippen molar-refractivity contribution < 1.29 is 4.79 Å². The van der Waals surface area contributed by atoms with Gasteiger partial charge < -0.3 is 16.0 Å². The minimum atomic E-state index is -0.0896. The summed E-state index contributed by atoms with van der Waals surface area (Å²) < 4.78 is 0. The molecule has 0 aliphatic carbocycles. The highest BCUT2D eigenvalue weighted by Crippen LogP contribution is 2.33. The quantitative estimate of drug-likeness (QED) is 0.805. The summed E-state index contributed by atoms with van der Waals surface area (Å²) in [6.07, 6.45) is 3.74. The second-order valence-corrected chi connectivity index (χ2v) is 5.45. The number of nitrogens with one attached hydrogen (secondary N) is 1. The Hall–Kier alpha value is -1.71. The number of aryl methyl sites for hydroxylation is 1. The molecule has 4 heteroatoms. The first-order valence-electron chi connectivity index (χ1n) is 6.93. The number of nitrogens with two attached hydrogens (primary N) is 1. The fourth-order valence-corrected chi connectivity index (χ4v) is 2.78. The van der Waals surface area contributed by atoms with Crippen LogP contribution in [0.5, 0.6) is 0 Å². The van der Waals surface area contributed by atoms with Gasteiger partial charge in [0.25, 0.3) is 0 Å². The first kappa shape index (κ1) is 13.7. The number of benzene rings is 1. The van der Waals surface area contributed by atoms with Crippen molar-refractivity contribution >= 4 is 23.0 Å². The molecule has 2 rings (SSSR count). The van der Waals surface area contributed by atoms with Crippen LogP contribution in [0, 0.1) is 6.92 Å². The molecule has 19 heavy (non-hydrogen) atoms. The Morgan fingerprint density at radius 3 is 2.79 bits per heavy atom. The Morgan fingerprint density at radius 2 is 2.16 bits per heavy atom. The van der Waals surface area contributed by atoms with Gasteiger partial charge in [-0.2, -0.15) is 0 Å². The Labute approximate surface area is 115 Å². The zero-order chi connectivity index (χ0) is 14.0. The van der Waals surface area contributed by atoms with Crippen LogP contribution in [-0.2, 0) is 4.79 Å². The Balaban J connectivity index is 2.36. The Kier molecular flexibility index (Phi) is 3.98. The lowest BCUT2D eigenvalue weighted by molar-refractivity contribution is -0.114. The van der Waals surface area contributed by atoms with Crippen LogP contribution in [0.3, 0.4) is 0 Å². The van der Waals surface area contributed by atoms with Gasteiger partial charge in [0.15, 0.2) is 0 Å². The third kappa shape index (κ3) is 3.00. The van der Waals surface area contributed by atoms with Crippen LogP contribution in [0.25, 0.3) is 0 Å². The summed E-state index contributed by atoms with van der Waals surface area (Å²) in [6, 6.07) is 4.50. The zero-order valence-corrected chi connectivity index (χ0v) is 12.0. The number of nitrogens with zero attached hydrogens (tertiary/aromatic N) is 1. The molecule has 0 unspecified atom stereocenters. The first-order valence-corrected chi connectivity index (χ1v) is 6.93. The predicted octanol–water partition coefficient (Wildman–Crippen LogP) is 2.91. The highest BCUT2D eigenvalue weighted by Gasteiger charge is 2.21. The normalized spacial score (nSPS) is 19.3. The van der Waals surface area contributed by atoms with E-state index in [4.69, 9.17) is 5.73 Å². The summed E-state index contributed by atoms with van der Waals surface area (Å²) in [4.78, 5) is 13.6. The number of carbonyl (C=O) groups is 1.